The van der Waals surface area contributed by atoms with Crippen molar-refractivity contribution < 1.29 is 19.5 Å². The van der Waals surface area contributed by atoms with Crippen molar-refractivity contribution in [1.29, 1.82) is 0 Å². The third kappa shape index (κ3) is 4.09. The molecule has 29 heavy (non-hydrogen) atoms. The zero-order valence-electron chi connectivity index (χ0n) is 16.3. The Bertz CT molecular complexity index is 982. The minimum Gasteiger partial charge on any atom is -0.505 e. The van der Waals surface area contributed by atoms with Crippen molar-refractivity contribution in [3.8, 4) is 5.75 Å². The van der Waals surface area contributed by atoms with Gasteiger partial charge in [-0.1, -0.05) is 19.1 Å². The zero-order valence-corrected chi connectivity index (χ0v) is 17.1. The van der Waals surface area contributed by atoms with Crippen LogP contribution >= 0.6 is 11.3 Å². The predicted molar refractivity (Wildman–Crippen MR) is 110 cm³/mol. The van der Waals surface area contributed by atoms with Crippen molar-refractivity contribution in [2.75, 3.05) is 19.4 Å². The van der Waals surface area contributed by atoms with Gasteiger partial charge in [0.05, 0.1) is 17.3 Å². The van der Waals surface area contributed by atoms with Crippen LogP contribution in [-0.4, -0.2) is 41.8 Å². The number of amides is 3. The molecule has 1 aromatic carbocycles. The summed E-state index contributed by atoms with van der Waals surface area (Å²) < 4.78 is 0. The number of hydrogen-bond donors (Lipinski definition) is 4. The Morgan fingerprint density at radius 3 is 2.52 bits per heavy atom. The molecule has 0 unspecified atom stereocenters. The average molecular weight is 414 g/mol. The van der Waals surface area contributed by atoms with Crippen molar-refractivity contribution in [2.45, 2.75) is 19.4 Å². The van der Waals surface area contributed by atoms with Crippen molar-refractivity contribution in [3.05, 3.63) is 57.5 Å². The van der Waals surface area contributed by atoms with Gasteiger partial charge < -0.3 is 20.6 Å². The van der Waals surface area contributed by atoms with E-state index >= 15 is 0 Å². The summed E-state index contributed by atoms with van der Waals surface area (Å²) in [6, 6.07) is 8.33. The Morgan fingerprint density at radius 2 is 1.90 bits per heavy atom. The molecule has 0 saturated carbocycles. The van der Waals surface area contributed by atoms with E-state index in [0.717, 1.165) is 4.88 Å². The van der Waals surface area contributed by atoms with E-state index in [2.05, 4.69) is 16.0 Å². The third-order valence-corrected chi connectivity index (χ3v) is 5.46. The molecule has 1 aromatic heterocycles. The van der Waals surface area contributed by atoms with Crippen LogP contribution < -0.4 is 16.0 Å². The molecule has 0 saturated heterocycles. The van der Waals surface area contributed by atoms with E-state index < -0.39 is 11.8 Å². The van der Waals surface area contributed by atoms with Crippen LogP contribution in [0.1, 0.15) is 34.6 Å². The predicted octanol–water partition coefficient (Wildman–Crippen LogP) is 2.18. The number of carbonyl (C=O) groups excluding carboxylic acids is 3. The van der Waals surface area contributed by atoms with Gasteiger partial charge in [-0.15, -0.1) is 11.3 Å². The zero-order chi connectivity index (χ0) is 21.1. The molecule has 152 valence electrons. The number of hydrogen-bond acceptors (Lipinski definition) is 7. The number of para-hydroxylation sites is 1. The van der Waals surface area contributed by atoms with Crippen LogP contribution in [0.25, 0.3) is 0 Å². The maximum absolute atomic E-state index is 12.3. The summed E-state index contributed by atoms with van der Waals surface area (Å²) in [5, 5.41) is 20.7. The van der Waals surface area contributed by atoms with E-state index in [0.29, 0.717) is 6.42 Å². The molecule has 0 radical (unpaired) electrons. The lowest BCUT2D eigenvalue weighted by atomic mass is 10.1. The van der Waals surface area contributed by atoms with Gasteiger partial charge in [-0.05, 0) is 30.0 Å². The average Bonchev–Trinajstić information content (AvgIpc) is 3.30. The fraction of sp³-hybridized carbons (Fsp3) is 0.250. The molecule has 8 nitrogen and oxygen atoms in total. The number of anilines is 1. The van der Waals surface area contributed by atoms with Crippen molar-refractivity contribution in [1.82, 2.24) is 15.5 Å². The third-order valence-electron chi connectivity index (χ3n) is 4.48. The fourth-order valence-electron chi connectivity index (χ4n) is 2.94. The van der Waals surface area contributed by atoms with Gasteiger partial charge in [-0.3, -0.25) is 19.7 Å². The molecule has 0 spiro atoms. The quantitative estimate of drug-likeness (QED) is 0.408. The highest BCUT2D eigenvalue weighted by Gasteiger charge is 2.33. The number of imide groups is 1. The smallest absolute Gasteiger partial charge is 0.276 e. The number of benzene rings is 1. The van der Waals surface area contributed by atoms with Gasteiger partial charge >= 0.3 is 0 Å². The number of nitrogens with zero attached hydrogens (tertiary/aromatic N) is 1. The number of carbonyl (C=O) groups is 3. The minimum atomic E-state index is -0.609. The van der Waals surface area contributed by atoms with Gasteiger partial charge in [0.25, 0.3) is 17.7 Å². The van der Waals surface area contributed by atoms with Gasteiger partial charge in [-0.2, -0.15) is 0 Å². The molecule has 2 aromatic rings. The fourth-order valence-corrected chi connectivity index (χ4v) is 3.80. The van der Waals surface area contributed by atoms with Gasteiger partial charge in [0.15, 0.2) is 5.75 Å². The summed E-state index contributed by atoms with van der Waals surface area (Å²) >= 11 is 1.55. The summed E-state index contributed by atoms with van der Waals surface area (Å²) in [7, 11) is 3.15. The van der Waals surface area contributed by atoms with Crippen LogP contribution in [0.15, 0.2) is 47.1 Å². The van der Waals surface area contributed by atoms with E-state index in [4.69, 9.17) is 0 Å². The first-order chi connectivity index (χ1) is 13.8. The summed E-state index contributed by atoms with van der Waals surface area (Å²) in [4.78, 5) is 39.3. The molecular formula is C20H22N4O4S. The number of aromatic hydroxyl groups is 1. The van der Waals surface area contributed by atoms with Gasteiger partial charge in [0, 0.05) is 19.0 Å². The number of thiophene rings is 1. The van der Waals surface area contributed by atoms with Gasteiger partial charge in [-0.25, -0.2) is 0 Å². The highest BCUT2D eigenvalue weighted by Crippen LogP contribution is 2.31. The molecule has 1 aliphatic rings. The molecule has 0 fully saturated rings. The Labute approximate surface area is 172 Å². The van der Waals surface area contributed by atoms with Crippen molar-refractivity contribution in [3.63, 3.8) is 0 Å². The standard InChI is InChI=1S/C20H22N4O4S/c1-4-12(14-9-6-10-29-14)21-15-16(19(27)23-18(15)26)22-13-8-5-7-11(17(13)25)20(28)24(2)3/h5-10,12,25H,4H2,1-3H3,(H3,21,22,23,26,27)/t12-/m1/s1. The first kappa shape index (κ1) is 20.4. The Balaban J connectivity index is 1.95. The van der Waals surface area contributed by atoms with E-state index in [1.54, 1.807) is 31.5 Å². The molecular weight excluding hydrogens is 392 g/mol. The maximum Gasteiger partial charge on any atom is 0.276 e. The first-order valence-electron chi connectivity index (χ1n) is 9.04. The van der Waals surface area contributed by atoms with Crippen LogP contribution in [-0.2, 0) is 9.59 Å². The Morgan fingerprint density at radius 1 is 1.17 bits per heavy atom. The second-order valence-electron chi connectivity index (χ2n) is 6.68. The highest BCUT2D eigenvalue weighted by atomic mass is 32.1. The number of rotatable bonds is 7. The summed E-state index contributed by atoms with van der Waals surface area (Å²) in [5.41, 5.74) is 0.333. The van der Waals surface area contributed by atoms with E-state index in [1.165, 1.54) is 17.0 Å². The van der Waals surface area contributed by atoms with Crippen molar-refractivity contribution >= 4 is 34.7 Å². The topological polar surface area (TPSA) is 111 Å². The van der Waals surface area contributed by atoms with E-state index in [-0.39, 0.29) is 40.3 Å². The molecule has 3 rings (SSSR count). The van der Waals surface area contributed by atoms with Crippen LogP contribution in [0, 0.1) is 0 Å². The normalized spacial score (nSPS) is 14.6. The molecule has 1 aliphatic heterocycles. The second kappa shape index (κ2) is 8.36. The second-order valence-corrected chi connectivity index (χ2v) is 7.66. The van der Waals surface area contributed by atoms with E-state index in [1.807, 2.05) is 24.4 Å². The molecule has 0 bridgehead atoms. The van der Waals surface area contributed by atoms with Crippen LogP contribution in [0.3, 0.4) is 0 Å². The highest BCUT2D eigenvalue weighted by molar-refractivity contribution is 7.10. The molecule has 3 amide bonds. The van der Waals surface area contributed by atoms with Gasteiger partial charge in [0.1, 0.15) is 11.4 Å². The van der Waals surface area contributed by atoms with E-state index in [9.17, 15) is 19.5 Å². The number of phenolic OH excluding ortho intramolecular Hbond substituents is 1. The lowest BCUT2D eigenvalue weighted by Gasteiger charge is -2.18. The lowest BCUT2D eigenvalue weighted by Crippen LogP contribution is -2.29. The molecule has 4 N–H and O–H groups in total. The number of phenols is 1. The molecule has 0 aliphatic carbocycles. The molecule has 2 heterocycles. The lowest BCUT2D eigenvalue weighted by molar-refractivity contribution is -0.124. The first-order valence-corrected chi connectivity index (χ1v) is 9.92. The largest absolute Gasteiger partial charge is 0.505 e. The monoisotopic (exact) mass is 414 g/mol. The maximum atomic E-state index is 12.3. The minimum absolute atomic E-state index is 0.00485. The van der Waals surface area contributed by atoms with Crippen LogP contribution in [0.5, 0.6) is 5.75 Å². The Kier molecular flexibility index (Phi) is 5.88. The van der Waals surface area contributed by atoms with Crippen LogP contribution in [0.2, 0.25) is 0 Å². The van der Waals surface area contributed by atoms with Crippen molar-refractivity contribution in [2.24, 2.45) is 0 Å². The SMILES string of the molecule is CC[C@@H](NC1=C(Nc2cccc(C(=O)N(C)C)c2O)C(=O)NC1=O)c1cccs1. The summed E-state index contributed by atoms with van der Waals surface area (Å²) in [6.07, 6.45) is 0.705. The number of nitrogens with one attached hydrogen (secondary N) is 3. The molecule has 9 heteroatoms. The summed E-state index contributed by atoms with van der Waals surface area (Å²) in [5.74, 6) is -1.83. The summed E-state index contributed by atoms with van der Waals surface area (Å²) in [6.45, 7) is 1.97. The van der Waals surface area contributed by atoms with Gasteiger partial charge in [0.2, 0.25) is 0 Å². The van der Waals surface area contributed by atoms with Crippen LogP contribution in [0.4, 0.5) is 5.69 Å². The molecule has 1 atom stereocenters. The Hall–Kier alpha value is -3.33.